The number of para-hydroxylation sites is 2. The van der Waals surface area contributed by atoms with Crippen LogP contribution in [0.2, 0.25) is 0 Å². The molecule has 0 fully saturated rings. The number of aryl methyl sites for hydroxylation is 3. The molecule has 1 unspecified atom stereocenters. The lowest BCUT2D eigenvalue weighted by Gasteiger charge is -2.17. The number of carbonyl (C=O) groups is 1. The summed E-state index contributed by atoms with van der Waals surface area (Å²) < 4.78 is 8.18. The van der Waals surface area contributed by atoms with Crippen LogP contribution in [0, 0.1) is 13.8 Å². The molecule has 33 heavy (non-hydrogen) atoms. The quantitative estimate of drug-likeness (QED) is 0.347. The summed E-state index contributed by atoms with van der Waals surface area (Å²) in [5, 5.41) is 3.12. The highest BCUT2D eigenvalue weighted by molar-refractivity contribution is 5.79. The van der Waals surface area contributed by atoms with Gasteiger partial charge in [0.15, 0.2) is 0 Å². The SMILES string of the molecule is Cc1ccc(OCCCn2c(C(C)NC(=O)Cc3ccccc3)nc3ccccc32)cc1C. The van der Waals surface area contributed by atoms with Crippen molar-refractivity contribution < 1.29 is 9.53 Å². The van der Waals surface area contributed by atoms with E-state index in [2.05, 4.69) is 41.9 Å². The number of benzene rings is 3. The van der Waals surface area contributed by atoms with Crippen LogP contribution in [0.3, 0.4) is 0 Å². The largest absolute Gasteiger partial charge is 0.494 e. The molecule has 0 aliphatic carbocycles. The van der Waals surface area contributed by atoms with E-state index >= 15 is 0 Å². The lowest BCUT2D eigenvalue weighted by atomic mass is 10.1. The summed E-state index contributed by atoms with van der Waals surface area (Å²) in [5.41, 5.74) is 5.50. The van der Waals surface area contributed by atoms with E-state index in [-0.39, 0.29) is 11.9 Å². The number of nitrogens with zero attached hydrogens (tertiary/aromatic N) is 2. The lowest BCUT2D eigenvalue weighted by molar-refractivity contribution is -0.121. The summed E-state index contributed by atoms with van der Waals surface area (Å²) in [4.78, 5) is 17.5. The molecule has 0 spiro atoms. The van der Waals surface area contributed by atoms with Crippen LogP contribution in [0.4, 0.5) is 0 Å². The zero-order valence-electron chi connectivity index (χ0n) is 19.5. The molecule has 5 heteroatoms. The summed E-state index contributed by atoms with van der Waals surface area (Å²) in [5.74, 6) is 1.75. The molecule has 4 aromatic rings. The van der Waals surface area contributed by atoms with Gasteiger partial charge >= 0.3 is 0 Å². The second-order valence-electron chi connectivity index (χ2n) is 8.51. The number of nitrogens with one attached hydrogen (secondary N) is 1. The molecule has 0 aliphatic rings. The van der Waals surface area contributed by atoms with E-state index in [0.29, 0.717) is 13.0 Å². The fourth-order valence-electron chi connectivity index (χ4n) is 4.01. The number of hydrogen-bond donors (Lipinski definition) is 1. The zero-order chi connectivity index (χ0) is 23.2. The Morgan fingerprint density at radius 3 is 2.55 bits per heavy atom. The minimum atomic E-state index is -0.200. The molecule has 170 valence electrons. The predicted molar refractivity (Wildman–Crippen MR) is 132 cm³/mol. The van der Waals surface area contributed by atoms with E-state index in [1.807, 2.05) is 61.5 Å². The van der Waals surface area contributed by atoms with Gasteiger partial charge in [0, 0.05) is 6.54 Å². The van der Waals surface area contributed by atoms with Crippen LogP contribution in [0.25, 0.3) is 11.0 Å². The third-order valence-corrected chi connectivity index (χ3v) is 5.93. The van der Waals surface area contributed by atoms with Gasteiger partial charge in [0.05, 0.1) is 30.1 Å². The minimum Gasteiger partial charge on any atom is -0.494 e. The molecule has 1 heterocycles. The van der Waals surface area contributed by atoms with Crippen LogP contribution >= 0.6 is 0 Å². The van der Waals surface area contributed by atoms with Gasteiger partial charge < -0.3 is 14.6 Å². The van der Waals surface area contributed by atoms with E-state index in [4.69, 9.17) is 9.72 Å². The number of fused-ring (bicyclic) bond motifs is 1. The number of imidazole rings is 1. The summed E-state index contributed by atoms with van der Waals surface area (Å²) in [6, 6.07) is 23.9. The molecular weight excluding hydrogens is 410 g/mol. The third kappa shape index (κ3) is 5.61. The van der Waals surface area contributed by atoms with Crippen molar-refractivity contribution in [1.82, 2.24) is 14.9 Å². The third-order valence-electron chi connectivity index (χ3n) is 5.93. The van der Waals surface area contributed by atoms with Crippen molar-refractivity contribution in [1.29, 1.82) is 0 Å². The van der Waals surface area contributed by atoms with E-state index in [1.54, 1.807) is 0 Å². The highest BCUT2D eigenvalue weighted by Gasteiger charge is 2.18. The first-order valence-electron chi connectivity index (χ1n) is 11.5. The van der Waals surface area contributed by atoms with Crippen molar-refractivity contribution in [3.63, 3.8) is 0 Å². The van der Waals surface area contributed by atoms with Crippen LogP contribution in [0.5, 0.6) is 5.75 Å². The first kappa shape index (κ1) is 22.6. The molecule has 0 saturated heterocycles. The van der Waals surface area contributed by atoms with Gasteiger partial charge in [-0.05, 0) is 68.1 Å². The van der Waals surface area contributed by atoms with Gasteiger partial charge in [0.25, 0.3) is 0 Å². The lowest BCUT2D eigenvalue weighted by Crippen LogP contribution is -2.30. The molecule has 0 saturated carbocycles. The van der Waals surface area contributed by atoms with Gasteiger partial charge in [0.2, 0.25) is 5.91 Å². The average Bonchev–Trinajstić information content (AvgIpc) is 3.18. The van der Waals surface area contributed by atoms with E-state index in [9.17, 15) is 4.79 Å². The van der Waals surface area contributed by atoms with Crippen molar-refractivity contribution in [3.05, 3.63) is 95.3 Å². The first-order chi connectivity index (χ1) is 16.0. The molecule has 1 aromatic heterocycles. The Morgan fingerprint density at radius 2 is 1.76 bits per heavy atom. The van der Waals surface area contributed by atoms with Gasteiger partial charge in [0.1, 0.15) is 11.6 Å². The highest BCUT2D eigenvalue weighted by Crippen LogP contribution is 2.22. The van der Waals surface area contributed by atoms with Crippen molar-refractivity contribution in [2.24, 2.45) is 0 Å². The Bertz CT molecular complexity index is 1230. The molecule has 5 nitrogen and oxygen atoms in total. The van der Waals surface area contributed by atoms with Crippen molar-refractivity contribution in [2.75, 3.05) is 6.61 Å². The number of hydrogen-bond acceptors (Lipinski definition) is 3. The average molecular weight is 442 g/mol. The maximum Gasteiger partial charge on any atom is 0.224 e. The molecule has 3 aromatic carbocycles. The maximum absolute atomic E-state index is 12.6. The van der Waals surface area contributed by atoms with Crippen molar-refractivity contribution in [2.45, 2.75) is 46.2 Å². The Kier molecular flexibility index (Phi) is 7.08. The molecule has 0 bridgehead atoms. The van der Waals surface area contributed by atoms with E-state index in [0.717, 1.165) is 41.1 Å². The molecule has 1 atom stereocenters. The molecule has 1 N–H and O–H groups in total. The maximum atomic E-state index is 12.6. The number of aromatic nitrogens is 2. The van der Waals surface area contributed by atoms with Crippen LogP contribution in [0.1, 0.15) is 41.9 Å². The van der Waals surface area contributed by atoms with Crippen LogP contribution in [0.15, 0.2) is 72.8 Å². The van der Waals surface area contributed by atoms with Gasteiger partial charge in [-0.1, -0.05) is 48.5 Å². The topological polar surface area (TPSA) is 56.1 Å². The summed E-state index contributed by atoms with van der Waals surface area (Å²) >= 11 is 0. The van der Waals surface area contributed by atoms with Crippen LogP contribution in [-0.4, -0.2) is 22.1 Å². The van der Waals surface area contributed by atoms with Gasteiger partial charge in [-0.2, -0.15) is 0 Å². The molecule has 4 rings (SSSR count). The van der Waals surface area contributed by atoms with Gasteiger partial charge in [-0.3, -0.25) is 4.79 Å². The van der Waals surface area contributed by atoms with Crippen LogP contribution < -0.4 is 10.1 Å². The number of rotatable bonds is 9. The second kappa shape index (κ2) is 10.3. The van der Waals surface area contributed by atoms with E-state index in [1.165, 1.54) is 11.1 Å². The summed E-state index contributed by atoms with van der Waals surface area (Å²) in [6.45, 7) is 7.57. The zero-order valence-corrected chi connectivity index (χ0v) is 19.5. The van der Waals surface area contributed by atoms with E-state index < -0.39 is 0 Å². The van der Waals surface area contributed by atoms with Crippen molar-refractivity contribution in [3.8, 4) is 5.75 Å². The first-order valence-corrected chi connectivity index (χ1v) is 11.5. The fourth-order valence-corrected chi connectivity index (χ4v) is 4.01. The van der Waals surface area contributed by atoms with Crippen molar-refractivity contribution >= 4 is 16.9 Å². The Morgan fingerprint density at radius 1 is 1.00 bits per heavy atom. The Hall–Kier alpha value is -3.60. The van der Waals surface area contributed by atoms with Gasteiger partial charge in [-0.15, -0.1) is 0 Å². The number of ether oxygens (including phenoxy) is 1. The standard InChI is InChI=1S/C28H31N3O2/c1-20-14-15-24(18-21(20)2)33-17-9-16-31-26-13-8-7-12-25(26)30-28(31)22(3)29-27(32)19-23-10-5-4-6-11-23/h4-8,10-15,18,22H,9,16-17,19H2,1-3H3,(H,29,32). The van der Waals surface area contributed by atoms with Crippen LogP contribution in [-0.2, 0) is 17.8 Å². The Labute approximate surface area is 195 Å². The predicted octanol–water partition coefficient (Wildman–Crippen LogP) is 5.54. The molecule has 0 aliphatic heterocycles. The Balaban J connectivity index is 1.43. The highest BCUT2D eigenvalue weighted by atomic mass is 16.5. The minimum absolute atomic E-state index is 0.00891. The molecular formula is C28H31N3O2. The monoisotopic (exact) mass is 441 g/mol. The second-order valence-corrected chi connectivity index (χ2v) is 8.51. The van der Waals surface area contributed by atoms with Gasteiger partial charge in [-0.25, -0.2) is 4.98 Å². The number of amides is 1. The summed E-state index contributed by atoms with van der Waals surface area (Å²) in [7, 11) is 0. The molecule has 1 amide bonds. The molecule has 0 radical (unpaired) electrons. The normalized spacial score (nSPS) is 12.0. The fraction of sp³-hybridized carbons (Fsp3) is 0.286. The smallest absolute Gasteiger partial charge is 0.224 e. The summed E-state index contributed by atoms with van der Waals surface area (Å²) in [6.07, 6.45) is 1.19. The number of carbonyl (C=O) groups excluding carboxylic acids is 1.